The smallest absolute Gasteiger partial charge is 0.314 e. The summed E-state index contributed by atoms with van der Waals surface area (Å²) in [7, 11) is 0. The van der Waals surface area contributed by atoms with Crippen LogP contribution in [0.3, 0.4) is 0 Å². The molecule has 0 aromatic heterocycles. The van der Waals surface area contributed by atoms with Gasteiger partial charge in [0.25, 0.3) is 17.5 Å². The van der Waals surface area contributed by atoms with Gasteiger partial charge in [-0.05, 0) is 17.7 Å². The Hall–Kier alpha value is -3.43. The molecule has 1 aliphatic rings. The maximum atomic E-state index is 13.8. The number of hydrogen-bond donors (Lipinski definition) is 2. The zero-order valence-corrected chi connectivity index (χ0v) is 14.1. The van der Waals surface area contributed by atoms with Gasteiger partial charge in [-0.25, -0.2) is 9.18 Å². The van der Waals surface area contributed by atoms with Crippen LogP contribution in [-0.4, -0.2) is 34.6 Å². The molecule has 10 heteroatoms. The number of nitrogens with one attached hydrogen (secondary N) is 2. The standard InChI is InChI=1S/C18H13F4N3O3/c19-13-9-5-4-8-12(13)14(26)23-17(18(20,21)22)15(27)25(16(28)24-17)10-11-6-2-1-3-7-11/h1-9H,10H2,(H,23,26)(H,24,28)/t17-/m1/s1. The molecule has 2 N–H and O–H groups in total. The molecule has 0 spiro atoms. The summed E-state index contributed by atoms with van der Waals surface area (Å²) in [4.78, 5) is 37.2. The average molecular weight is 395 g/mol. The highest BCUT2D eigenvalue weighted by Gasteiger charge is 2.68. The summed E-state index contributed by atoms with van der Waals surface area (Å²) in [6.45, 7) is -0.432. The fourth-order valence-corrected chi connectivity index (χ4v) is 2.72. The Morgan fingerprint density at radius 1 is 1.04 bits per heavy atom. The number of carbonyl (C=O) groups excluding carboxylic acids is 3. The van der Waals surface area contributed by atoms with Crippen LogP contribution in [0.15, 0.2) is 54.6 Å². The fraction of sp³-hybridized carbons (Fsp3) is 0.167. The third-order valence-electron chi connectivity index (χ3n) is 4.13. The molecule has 28 heavy (non-hydrogen) atoms. The third-order valence-corrected chi connectivity index (χ3v) is 4.13. The van der Waals surface area contributed by atoms with Crippen LogP contribution in [0.4, 0.5) is 22.4 Å². The molecule has 146 valence electrons. The van der Waals surface area contributed by atoms with E-state index in [1.54, 1.807) is 18.2 Å². The zero-order chi connectivity index (χ0) is 20.5. The molecular weight excluding hydrogens is 382 g/mol. The van der Waals surface area contributed by atoms with Crippen molar-refractivity contribution in [2.24, 2.45) is 0 Å². The lowest BCUT2D eigenvalue weighted by Gasteiger charge is -2.29. The van der Waals surface area contributed by atoms with Crippen molar-refractivity contribution in [1.29, 1.82) is 0 Å². The van der Waals surface area contributed by atoms with Crippen LogP contribution in [0.25, 0.3) is 0 Å². The van der Waals surface area contributed by atoms with E-state index in [1.165, 1.54) is 34.9 Å². The van der Waals surface area contributed by atoms with Crippen LogP contribution in [0.5, 0.6) is 0 Å². The maximum Gasteiger partial charge on any atom is 0.440 e. The van der Waals surface area contributed by atoms with Gasteiger partial charge in [-0.3, -0.25) is 19.8 Å². The lowest BCUT2D eigenvalue weighted by molar-refractivity contribution is -0.200. The minimum Gasteiger partial charge on any atom is -0.314 e. The molecule has 4 amide bonds. The summed E-state index contributed by atoms with van der Waals surface area (Å²) in [6.07, 6.45) is -5.37. The Labute approximate surface area is 156 Å². The zero-order valence-electron chi connectivity index (χ0n) is 14.1. The molecule has 3 rings (SSSR count). The molecule has 1 heterocycles. The Bertz CT molecular complexity index is 933. The van der Waals surface area contributed by atoms with E-state index < -0.39 is 47.6 Å². The Morgan fingerprint density at radius 2 is 1.64 bits per heavy atom. The second-order valence-corrected chi connectivity index (χ2v) is 5.99. The molecule has 1 fully saturated rings. The summed E-state index contributed by atoms with van der Waals surface area (Å²) in [5.41, 5.74) is -3.99. The number of imide groups is 1. The highest BCUT2D eigenvalue weighted by Crippen LogP contribution is 2.34. The van der Waals surface area contributed by atoms with Crippen molar-refractivity contribution in [3.05, 3.63) is 71.5 Å². The molecule has 1 aliphatic heterocycles. The monoisotopic (exact) mass is 395 g/mol. The summed E-state index contributed by atoms with van der Waals surface area (Å²) in [5.74, 6) is -4.28. The van der Waals surface area contributed by atoms with Gasteiger partial charge in [0.05, 0.1) is 12.1 Å². The topological polar surface area (TPSA) is 78.5 Å². The third kappa shape index (κ3) is 3.28. The van der Waals surface area contributed by atoms with Gasteiger partial charge in [-0.15, -0.1) is 0 Å². The molecule has 2 aromatic rings. The van der Waals surface area contributed by atoms with E-state index in [1.807, 2.05) is 0 Å². The van der Waals surface area contributed by atoms with Gasteiger partial charge in [0.1, 0.15) is 5.82 Å². The predicted octanol–water partition coefficient (Wildman–Crippen LogP) is 2.57. The van der Waals surface area contributed by atoms with E-state index in [2.05, 4.69) is 0 Å². The van der Waals surface area contributed by atoms with E-state index in [-0.39, 0.29) is 0 Å². The number of halogens is 4. The van der Waals surface area contributed by atoms with Gasteiger partial charge in [-0.2, -0.15) is 13.2 Å². The van der Waals surface area contributed by atoms with Crippen LogP contribution in [0.2, 0.25) is 0 Å². The van der Waals surface area contributed by atoms with Gasteiger partial charge in [-0.1, -0.05) is 42.5 Å². The molecule has 0 saturated carbocycles. The van der Waals surface area contributed by atoms with E-state index >= 15 is 0 Å². The van der Waals surface area contributed by atoms with Gasteiger partial charge in [0, 0.05) is 0 Å². The van der Waals surface area contributed by atoms with Crippen molar-refractivity contribution in [2.75, 3.05) is 0 Å². The summed E-state index contributed by atoms with van der Waals surface area (Å²) >= 11 is 0. The minimum absolute atomic E-state index is 0.338. The van der Waals surface area contributed by atoms with E-state index in [0.29, 0.717) is 10.5 Å². The van der Waals surface area contributed by atoms with Gasteiger partial charge in [0.15, 0.2) is 0 Å². The fourth-order valence-electron chi connectivity index (χ4n) is 2.72. The van der Waals surface area contributed by atoms with Crippen molar-refractivity contribution in [1.82, 2.24) is 15.5 Å². The number of carbonyl (C=O) groups is 3. The number of alkyl halides is 3. The first kappa shape index (κ1) is 19.3. The number of urea groups is 1. The molecule has 6 nitrogen and oxygen atoms in total. The number of nitrogens with zero attached hydrogens (tertiary/aromatic N) is 1. The van der Waals surface area contributed by atoms with Gasteiger partial charge in [0.2, 0.25) is 0 Å². The van der Waals surface area contributed by atoms with Crippen molar-refractivity contribution in [2.45, 2.75) is 18.4 Å². The van der Waals surface area contributed by atoms with Crippen LogP contribution in [0, 0.1) is 5.82 Å². The van der Waals surface area contributed by atoms with E-state index in [4.69, 9.17) is 0 Å². The van der Waals surface area contributed by atoms with Crippen LogP contribution in [-0.2, 0) is 11.3 Å². The number of hydrogen-bond acceptors (Lipinski definition) is 3. The number of benzene rings is 2. The number of amides is 4. The molecular formula is C18H13F4N3O3. The first-order chi connectivity index (χ1) is 13.2. The lowest BCUT2D eigenvalue weighted by atomic mass is 10.1. The molecule has 0 radical (unpaired) electrons. The molecule has 0 unspecified atom stereocenters. The molecule has 1 saturated heterocycles. The highest BCUT2D eigenvalue weighted by molar-refractivity contribution is 6.10. The van der Waals surface area contributed by atoms with Gasteiger partial charge >= 0.3 is 12.2 Å². The van der Waals surface area contributed by atoms with Gasteiger partial charge < -0.3 is 5.32 Å². The number of rotatable bonds is 4. The molecule has 2 aromatic carbocycles. The lowest BCUT2D eigenvalue weighted by Crippen LogP contribution is -2.69. The van der Waals surface area contributed by atoms with Crippen molar-refractivity contribution >= 4 is 17.8 Å². The van der Waals surface area contributed by atoms with Crippen molar-refractivity contribution in [3.63, 3.8) is 0 Å². The van der Waals surface area contributed by atoms with Crippen LogP contribution >= 0.6 is 0 Å². The predicted molar refractivity (Wildman–Crippen MR) is 88.2 cm³/mol. The van der Waals surface area contributed by atoms with Crippen LogP contribution < -0.4 is 10.6 Å². The van der Waals surface area contributed by atoms with Crippen molar-refractivity contribution in [3.8, 4) is 0 Å². The minimum atomic E-state index is -5.37. The van der Waals surface area contributed by atoms with Crippen LogP contribution in [0.1, 0.15) is 15.9 Å². The van der Waals surface area contributed by atoms with Crippen molar-refractivity contribution < 1.29 is 31.9 Å². The first-order valence-corrected chi connectivity index (χ1v) is 7.97. The first-order valence-electron chi connectivity index (χ1n) is 7.97. The SMILES string of the molecule is O=C(N[C@@]1(C(F)(F)F)NC(=O)N(Cc2ccccc2)C1=O)c1ccccc1F. The average Bonchev–Trinajstić information content (AvgIpc) is 2.88. The normalized spacial score (nSPS) is 19.5. The second-order valence-electron chi connectivity index (χ2n) is 5.99. The Morgan fingerprint density at radius 3 is 2.25 bits per heavy atom. The summed E-state index contributed by atoms with van der Waals surface area (Å²) in [6, 6.07) is 10.9. The maximum absolute atomic E-state index is 13.8. The largest absolute Gasteiger partial charge is 0.440 e. The van der Waals surface area contributed by atoms with E-state index in [9.17, 15) is 31.9 Å². The Balaban J connectivity index is 1.94. The Kier molecular flexibility index (Phi) is 4.80. The molecule has 0 aliphatic carbocycles. The van der Waals surface area contributed by atoms with E-state index in [0.717, 1.165) is 12.1 Å². The molecule has 0 bridgehead atoms. The quantitative estimate of drug-likeness (QED) is 0.617. The molecule has 1 atom stereocenters. The highest BCUT2D eigenvalue weighted by atomic mass is 19.4. The second kappa shape index (κ2) is 6.95. The summed E-state index contributed by atoms with van der Waals surface area (Å²) < 4.78 is 55.0. The summed E-state index contributed by atoms with van der Waals surface area (Å²) in [5, 5.41) is 2.96.